The normalized spacial score (nSPS) is 24.2. The molecular formula is C14H27N3O2. The van der Waals surface area contributed by atoms with Gasteiger partial charge in [0.2, 0.25) is 0 Å². The minimum absolute atomic E-state index is 0.310. The predicted molar refractivity (Wildman–Crippen MR) is 77.3 cm³/mol. The van der Waals surface area contributed by atoms with E-state index in [-0.39, 0.29) is 5.92 Å². The van der Waals surface area contributed by atoms with E-state index in [2.05, 4.69) is 16.8 Å². The van der Waals surface area contributed by atoms with Gasteiger partial charge in [0.15, 0.2) is 0 Å². The topological polar surface area (TPSA) is 78.9 Å². The zero-order chi connectivity index (χ0) is 14.3. The summed E-state index contributed by atoms with van der Waals surface area (Å²) in [5, 5.41) is 9.07. The lowest BCUT2D eigenvalue weighted by Gasteiger charge is -2.38. The Kier molecular flexibility index (Phi) is 6.84. The molecule has 0 aliphatic heterocycles. The third-order valence-corrected chi connectivity index (χ3v) is 3.90. The maximum Gasteiger partial charge on any atom is 0.306 e. The summed E-state index contributed by atoms with van der Waals surface area (Å²) < 4.78 is 0. The smallest absolute Gasteiger partial charge is 0.306 e. The van der Waals surface area contributed by atoms with E-state index in [4.69, 9.17) is 10.8 Å². The highest BCUT2D eigenvalue weighted by Gasteiger charge is 2.27. The molecule has 1 saturated carbocycles. The molecular weight excluding hydrogens is 242 g/mol. The van der Waals surface area contributed by atoms with E-state index in [0.29, 0.717) is 32.0 Å². The van der Waals surface area contributed by atoms with Gasteiger partial charge in [-0.1, -0.05) is 6.92 Å². The maximum atomic E-state index is 11.0. The second-order valence-electron chi connectivity index (χ2n) is 5.67. The average molecular weight is 269 g/mol. The minimum Gasteiger partial charge on any atom is -0.481 e. The fourth-order valence-electron chi connectivity index (χ4n) is 2.46. The van der Waals surface area contributed by atoms with Crippen LogP contribution in [0, 0.1) is 11.8 Å². The lowest BCUT2D eigenvalue weighted by Crippen LogP contribution is -2.40. The van der Waals surface area contributed by atoms with Crippen molar-refractivity contribution in [2.75, 3.05) is 20.1 Å². The zero-order valence-electron chi connectivity index (χ0n) is 12.1. The van der Waals surface area contributed by atoms with Crippen molar-refractivity contribution < 1.29 is 9.90 Å². The van der Waals surface area contributed by atoms with Crippen molar-refractivity contribution in [3.8, 4) is 0 Å². The van der Waals surface area contributed by atoms with Crippen LogP contribution in [0.1, 0.15) is 39.0 Å². The molecule has 19 heavy (non-hydrogen) atoms. The molecule has 0 saturated heterocycles. The molecule has 3 N–H and O–H groups in total. The predicted octanol–water partition coefficient (Wildman–Crippen LogP) is 1.57. The van der Waals surface area contributed by atoms with Gasteiger partial charge in [0.05, 0.1) is 12.3 Å². The first-order valence-corrected chi connectivity index (χ1v) is 7.19. The molecule has 0 spiro atoms. The van der Waals surface area contributed by atoms with Crippen LogP contribution >= 0.6 is 0 Å². The SMILES string of the molecule is CC1CC(N(C)C=NCCC(CCCN)C(=O)O)C1. The van der Waals surface area contributed by atoms with Gasteiger partial charge >= 0.3 is 5.97 Å². The van der Waals surface area contributed by atoms with E-state index in [0.717, 1.165) is 12.3 Å². The number of nitrogens with two attached hydrogens (primary N) is 1. The molecule has 0 aromatic carbocycles. The molecule has 110 valence electrons. The van der Waals surface area contributed by atoms with Gasteiger partial charge in [0.1, 0.15) is 0 Å². The summed E-state index contributed by atoms with van der Waals surface area (Å²) in [5.74, 6) is -0.215. The lowest BCUT2D eigenvalue weighted by atomic mass is 9.81. The molecule has 0 radical (unpaired) electrons. The summed E-state index contributed by atoms with van der Waals surface area (Å²) in [4.78, 5) is 17.5. The first-order valence-electron chi connectivity index (χ1n) is 7.19. The van der Waals surface area contributed by atoms with Crippen LogP contribution in [0.15, 0.2) is 4.99 Å². The van der Waals surface area contributed by atoms with Gasteiger partial charge in [0, 0.05) is 19.6 Å². The fourth-order valence-corrected chi connectivity index (χ4v) is 2.46. The summed E-state index contributed by atoms with van der Waals surface area (Å²) in [6.45, 7) is 3.39. The number of hydrogen-bond donors (Lipinski definition) is 2. The number of carboxylic acid groups (broad SMARTS) is 1. The Balaban J connectivity index is 2.21. The Morgan fingerprint density at radius 3 is 2.74 bits per heavy atom. The van der Waals surface area contributed by atoms with Gasteiger partial charge in [-0.3, -0.25) is 9.79 Å². The third kappa shape index (κ3) is 5.59. The van der Waals surface area contributed by atoms with Crippen LogP contribution in [0.5, 0.6) is 0 Å². The number of carbonyl (C=O) groups is 1. The van der Waals surface area contributed by atoms with Crippen molar-refractivity contribution in [1.29, 1.82) is 0 Å². The van der Waals surface area contributed by atoms with Crippen molar-refractivity contribution in [1.82, 2.24) is 4.90 Å². The second kappa shape index (κ2) is 8.15. The Labute approximate surface area is 115 Å². The Morgan fingerprint density at radius 2 is 2.21 bits per heavy atom. The van der Waals surface area contributed by atoms with E-state index >= 15 is 0 Å². The number of rotatable bonds is 9. The lowest BCUT2D eigenvalue weighted by molar-refractivity contribution is -0.142. The summed E-state index contributed by atoms with van der Waals surface area (Å²) in [7, 11) is 2.04. The van der Waals surface area contributed by atoms with E-state index in [1.54, 1.807) is 0 Å². The molecule has 1 aliphatic carbocycles. The number of nitrogens with zero attached hydrogens (tertiary/aromatic N) is 2. The van der Waals surface area contributed by atoms with E-state index in [1.807, 2.05) is 13.4 Å². The fraction of sp³-hybridized carbons (Fsp3) is 0.857. The van der Waals surface area contributed by atoms with Gasteiger partial charge in [-0.25, -0.2) is 0 Å². The molecule has 1 unspecified atom stereocenters. The summed E-state index contributed by atoms with van der Waals surface area (Å²) in [5.41, 5.74) is 5.41. The molecule has 1 fully saturated rings. The van der Waals surface area contributed by atoms with Crippen molar-refractivity contribution in [2.24, 2.45) is 22.6 Å². The molecule has 0 amide bonds. The van der Waals surface area contributed by atoms with E-state index in [1.165, 1.54) is 12.8 Å². The molecule has 0 aromatic heterocycles. The minimum atomic E-state index is -0.732. The highest BCUT2D eigenvalue weighted by Crippen LogP contribution is 2.29. The average Bonchev–Trinajstić information content (AvgIpc) is 2.33. The molecule has 1 rings (SSSR count). The monoisotopic (exact) mass is 269 g/mol. The van der Waals surface area contributed by atoms with Gasteiger partial charge in [0.25, 0.3) is 0 Å². The van der Waals surface area contributed by atoms with E-state index in [9.17, 15) is 4.79 Å². The highest BCUT2D eigenvalue weighted by molar-refractivity contribution is 5.69. The molecule has 1 atom stereocenters. The third-order valence-electron chi connectivity index (χ3n) is 3.90. The van der Waals surface area contributed by atoms with Crippen LogP contribution in [-0.2, 0) is 4.79 Å². The Morgan fingerprint density at radius 1 is 1.53 bits per heavy atom. The van der Waals surface area contributed by atoms with Crippen LogP contribution in [0.2, 0.25) is 0 Å². The quantitative estimate of drug-likeness (QED) is 0.492. The molecule has 5 heteroatoms. The van der Waals surface area contributed by atoms with Crippen molar-refractivity contribution in [2.45, 2.75) is 45.1 Å². The number of aliphatic carboxylic acids is 1. The highest BCUT2D eigenvalue weighted by atomic mass is 16.4. The summed E-state index contributed by atoms with van der Waals surface area (Å²) in [6, 6.07) is 0.617. The number of aliphatic imine (C=N–C) groups is 1. The van der Waals surface area contributed by atoms with Gasteiger partial charge < -0.3 is 15.7 Å². The van der Waals surface area contributed by atoms with Gasteiger partial charge in [-0.05, 0) is 44.6 Å². The van der Waals surface area contributed by atoms with Crippen LogP contribution < -0.4 is 5.73 Å². The largest absolute Gasteiger partial charge is 0.481 e. The Hall–Kier alpha value is -1.10. The summed E-state index contributed by atoms with van der Waals surface area (Å²) in [6.07, 6.45) is 6.34. The van der Waals surface area contributed by atoms with Crippen LogP contribution in [0.4, 0.5) is 0 Å². The van der Waals surface area contributed by atoms with Crippen LogP contribution in [0.25, 0.3) is 0 Å². The Bertz CT molecular complexity index is 301. The molecule has 0 heterocycles. The van der Waals surface area contributed by atoms with E-state index < -0.39 is 5.97 Å². The standard InChI is InChI=1S/C14H27N3O2/c1-11-8-13(9-11)17(2)10-16-7-5-12(14(18)19)4-3-6-15/h10-13H,3-9,15H2,1-2H3,(H,18,19). The molecule has 0 aromatic rings. The number of hydrogen-bond acceptors (Lipinski definition) is 3. The number of carboxylic acids is 1. The summed E-state index contributed by atoms with van der Waals surface area (Å²) >= 11 is 0. The zero-order valence-corrected chi connectivity index (χ0v) is 12.1. The molecule has 5 nitrogen and oxygen atoms in total. The van der Waals surface area contributed by atoms with Gasteiger partial charge in [-0.2, -0.15) is 0 Å². The molecule has 0 bridgehead atoms. The van der Waals surface area contributed by atoms with Gasteiger partial charge in [-0.15, -0.1) is 0 Å². The van der Waals surface area contributed by atoms with Crippen molar-refractivity contribution in [3.05, 3.63) is 0 Å². The second-order valence-corrected chi connectivity index (χ2v) is 5.67. The van der Waals surface area contributed by atoms with Crippen LogP contribution in [-0.4, -0.2) is 48.5 Å². The van der Waals surface area contributed by atoms with Crippen molar-refractivity contribution >= 4 is 12.3 Å². The molecule has 1 aliphatic rings. The first-order chi connectivity index (χ1) is 9.04. The van der Waals surface area contributed by atoms with Crippen molar-refractivity contribution in [3.63, 3.8) is 0 Å². The van der Waals surface area contributed by atoms with Crippen LogP contribution in [0.3, 0.4) is 0 Å². The maximum absolute atomic E-state index is 11.0. The first kappa shape index (κ1) is 16.0.